The molecule has 2 N–H and O–H groups in total. The van der Waals surface area contributed by atoms with Gasteiger partial charge in [-0.3, -0.25) is 4.68 Å². The number of halogens is 3. The highest BCUT2D eigenvalue weighted by molar-refractivity contribution is 5.63. The maximum atomic E-state index is 14.1. The van der Waals surface area contributed by atoms with Crippen molar-refractivity contribution in [1.29, 1.82) is 0 Å². The zero-order valence-electron chi connectivity index (χ0n) is 13.6. The molecular weight excluding hydrogens is 361 g/mol. The van der Waals surface area contributed by atoms with Gasteiger partial charge in [0.05, 0.1) is 12.2 Å². The van der Waals surface area contributed by atoms with Crippen LogP contribution in [0.4, 0.5) is 19.0 Å². The molecule has 0 bridgehead atoms. The van der Waals surface area contributed by atoms with E-state index in [4.69, 9.17) is 10.3 Å². The largest absolute Gasteiger partial charge is 0.384 e. The Bertz CT molecular complexity index is 1110. The SMILES string of the molecule is Nc1ccnc(-c2cc(-c3ccon3)n(Cc3c(F)ccc(F)c3F)n2)n1. The number of hydrogen-bond donors (Lipinski definition) is 1. The standard InChI is InChI=1S/C17H11F3N6O/c18-10-1-2-11(19)16(20)9(10)8-26-14(12-4-6-27-25-12)7-13(24-26)17-22-5-3-15(21)23-17/h1-7H,8H2,(H2,21,22,23). The molecule has 10 heteroatoms. The molecule has 0 radical (unpaired) electrons. The number of anilines is 1. The second kappa shape index (κ2) is 6.56. The molecule has 3 heterocycles. The van der Waals surface area contributed by atoms with E-state index in [1.807, 2.05) is 0 Å². The normalized spacial score (nSPS) is 11.1. The lowest BCUT2D eigenvalue weighted by atomic mass is 10.2. The van der Waals surface area contributed by atoms with Crippen LogP contribution in [0, 0.1) is 17.5 Å². The van der Waals surface area contributed by atoms with Gasteiger partial charge in [0.25, 0.3) is 0 Å². The third kappa shape index (κ3) is 3.12. The molecule has 3 aromatic heterocycles. The Morgan fingerprint density at radius 3 is 2.59 bits per heavy atom. The Morgan fingerprint density at radius 1 is 1.04 bits per heavy atom. The average Bonchev–Trinajstić information content (AvgIpc) is 3.31. The van der Waals surface area contributed by atoms with Crippen molar-refractivity contribution in [3.05, 3.63) is 65.8 Å². The van der Waals surface area contributed by atoms with Gasteiger partial charge < -0.3 is 10.3 Å². The molecule has 0 fully saturated rings. The van der Waals surface area contributed by atoms with Crippen LogP contribution < -0.4 is 5.73 Å². The Kier molecular flexibility index (Phi) is 4.07. The molecule has 4 rings (SSSR count). The van der Waals surface area contributed by atoms with Crippen molar-refractivity contribution in [2.75, 3.05) is 5.73 Å². The van der Waals surface area contributed by atoms with Gasteiger partial charge in [-0.15, -0.1) is 0 Å². The topological polar surface area (TPSA) is 95.7 Å². The first-order valence-electron chi connectivity index (χ1n) is 7.73. The highest BCUT2D eigenvalue weighted by atomic mass is 19.2. The summed E-state index contributed by atoms with van der Waals surface area (Å²) in [5.41, 5.74) is 6.25. The maximum absolute atomic E-state index is 14.1. The lowest BCUT2D eigenvalue weighted by molar-refractivity contribution is 0.421. The maximum Gasteiger partial charge on any atom is 0.182 e. The predicted molar refractivity (Wildman–Crippen MR) is 88.6 cm³/mol. The van der Waals surface area contributed by atoms with Gasteiger partial charge in [0.2, 0.25) is 0 Å². The van der Waals surface area contributed by atoms with E-state index < -0.39 is 23.0 Å². The van der Waals surface area contributed by atoms with Crippen LogP contribution in [-0.2, 0) is 6.54 Å². The summed E-state index contributed by atoms with van der Waals surface area (Å²) >= 11 is 0. The van der Waals surface area contributed by atoms with E-state index in [0.717, 1.165) is 12.1 Å². The third-order valence-electron chi connectivity index (χ3n) is 3.83. The summed E-state index contributed by atoms with van der Waals surface area (Å²) in [5, 5.41) is 8.10. The summed E-state index contributed by atoms with van der Waals surface area (Å²) in [6, 6.07) is 6.21. The predicted octanol–water partition coefficient (Wildman–Crippen LogP) is 3.04. The Labute approximate surface area is 150 Å². The molecule has 0 saturated heterocycles. The molecule has 0 aliphatic rings. The number of rotatable bonds is 4. The molecule has 0 aliphatic heterocycles. The first-order valence-corrected chi connectivity index (χ1v) is 7.73. The fourth-order valence-electron chi connectivity index (χ4n) is 2.56. The molecule has 7 nitrogen and oxygen atoms in total. The number of nitrogens with two attached hydrogens (primary N) is 1. The number of aromatic nitrogens is 5. The van der Waals surface area contributed by atoms with E-state index in [1.165, 1.54) is 23.2 Å². The second-order valence-electron chi connectivity index (χ2n) is 5.58. The van der Waals surface area contributed by atoms with E-state index >= 15 is 0 Å². The summed E-state index contributed by atoms with van der Waals surface area (Å²) < 4.78 is 47.7. The van der Waals surface area contributed by atoms with E-state index in [1.54, 1.807) is 12.1 Å². The molecule has 4 aromatic rings. The summed E-state index contributed by atoms with van der Waals surface area (Å²) in [5.74, 6) is -2.87. The molecule has 0 aliphatic carbocycles. The zero-order chi connectivity index (χ0) is 19.0. The minimum Gasteiger partial charge on any atom is -0.384 e. The smallest absolute Gasteiger partial charge is 0.182 e. The van der Waals surface area contributed by atoms with Gasteiger partial charge in [-0.05, 0) is 24.3 Å². The van der Waals surface area contributed by atoms with Crippen LogP contribution in [0.3, 0.4) is 0 Å². The summed E-state index contributed by atoms with van der Waals surface area (Å²) in [7, 11) is 0. The lowest BCUT2D eigenvalue weighted by Crippen LogP contribution is -2.09. The first kappa shape index (κ1) is 16.8. The van der Waals surface area contributed by atoms with E-state index in [-0.39, 0.29) is 18.2 Å². The van der Waals surface area contributed by atoms with Gasteiger partial charge in [-0.1, -0.05) is 5.16 Å². The number of hydrogen-bond acceptors (Lipinski definition) is 6. The Hall–Kier alpha value is -3.69. The van der Waals surface area contributed by atoms with Gasteiger partial charge in [-0.2, -0.15) is 5.10 Å². The average molecular weight is 372 g/mol. The number of nitrogen functional groups attached to an aromatic ring is 1. The van der Waals surface area contributed by atoms with E-state index in [9.17, 15) is 13.2 Å². The van der Waals surface area contributed by atoms with Crippen LogP contribution in [0.25, 0.3) is 22.9 Å². The van der Waals surface area contributed by atoms with Crippen LogP contribution in [0.15, 0.2) is 47.3 Å². The fraction of sp³-hybridized carbons (Fsp3) is 0.0588. The Balaban J connectivity index is 1.83. The van der Waals surface area contributed by atoms with Crippen molar-refractivity contribution in [2.45, 2.75) is 6.54 Å². The van der Waals surface area contributed by atoms with Gasteiger partial charge in [0, 0.05) is 17.8 Å². The number of nitrogens with zero attached hydrogens (tertiary/aromatic N) is 5. The van der Waals surface area contributed by atoms with Crippen molar-refractivity contribution in [2.24, 2.45) is 0 Å². The molecule has 136 valence electrons. The second-order valence-corrected chi connectivity index (χ2v) is 5.58. The minimum atomic E-state index is -1.28. The van der Waals surface area contributed by atoms with Gasteiger partial charge in [0.1, 0.15) is 29.3 Å². The Morgan fingerprint density at radius 2 is 1.85 bits per heavy atom. The van der Waals surface area contributed by atoms with Gasteiger partial charge in [0.15, 0.2) is 17.5 Å². The van der Waals surface area contributed by atoms with Crippen LogP contribution in [0.5, 0.6) is 0 Å². The quantitative estimate of drug-likeness (QED) is 0.553. The van der Waals surface area contributed by atoms with Crippen LogP contribution in [0.2, 0.25) is 0 Å². The molecule has 0 spiro atoms. The molecule has 0 amide bonds. The van der Waals surface area contributed by atoms with Gasteiger partial charge in [-0.25, -0.2) is 23.1 Å². The van der Waals surface area contributed by atoms with Crippen molar-refractivity contribution >= 4 is 5.82 Å². The summed E-state index contributed by atoms with van der Waals surface area (Å²) in [6.45, 7) is -0.375. The molecule has 0 atom stereocenters. The van der Waals surface area contributed by atoms with Crippen molar-refractivity contribution < 1.29 is 17.7 Å². The molecule has 27 heavy (non-hydrogen) atoms. The van der Waals surface area contributed by atoms with Gasteiger partial charge >= 0.3 is 0 Å². The minimum absolute atomic E-state index is 0.221. The fourth-order valence-corrected chi connectivity index (χ4v) is 2.56. The van der Waals surface area contributed by atoms with Crippen molar-refractivity contribution in [1.82, 2.24) is 24.9 Å². The third-order valence-corrected chi connectivity index (χ3v) is 3.83. The molecule has 1 aromatic carbocycles. The van der Waals surface area contributed by atoms with Crippen LogP contribution in [0.1, 0.15) is 5.56 Å². The molecular formula is C17H11F3N6O. The highest BCUT2D eigenvalue weighted by Crippen LogP contribution is 2.26. The lowest BCUT2D eigenvalue weighted by Gasteiger charge is -2.08. The highest BCUT2D eigenvalue weighted by Gasteiger charge is 2.20. The molecule has 0 saturated carbocycles. The summed E-state index contributed by atoms with van der Waals surface area (Å²) in [4.78, 5) is 8.16. The van der Waals surface area contributed by atoms with E-state index in [0.29, 0.717) is 17.1 Å². The van der Waals surface area contributed by atoms with Crippen LogP contribution in [-0.4, -0.2) is 24.9 Å². The summed E-state index contributed by atoms with van der Waals surface area (Å²) in [6.07, 6.45) is 2.80. The first-order chi connectivity index (χ1) is 13.0. The van der Waals surface area contributed by atoms with Crippen molar-refractivity contribution in [3.8, 4) is 22.9 Å². The number of benzene rings is 1. The van der Waals surface area contributed by atoms with E-state index in [2.05, 4.69) is 20.2 Å². The zero-order valence-corrected chi connectivity index (χ0v) is 13.6. The van der Waals surface area contributed by atoms with Crippen molar-refractivity contribution in [3.63, 3.8) is 0 Å². The molecule has 0 unspecified atom stereocenters. The monoisotopic (exact) mass is 372 g/mol. The van der Waals surface area contributed by atoms with Crippen LogP contribution >= 0.6 is 0 Å².